The molecule has 0 bridgehead atoms. The summed E-state index contributed by atoms with van der Waals surface area (Å²) in [4.78, 5) is 38.0. The lowest BCUT2D eigenvalue weighted by Crippen LogP contribution is -2.30. The van der Waals surface area contributed by atoms with E-state index in [4.69, 9.17) is 14.2 Å². The van der Waals surface area contributed by atoms with Crippen LogP contribution in [0.25, 0.3) is 0 Å². The highest BCUT2D eigenvalue weighted by Crippen LogP contribution is 2.14. The molecule has 0 aliphatic rings. The van der Waals surface area contributed by atoms with E-state index >= 15 is 0 Å². The Labute approximate surface area is 423 Å². The van der Waals surface area contributed by atoms with Crippen LogP contribution in [-0.2, 0) is 28.6 Å². The van der Waals surface area contributed by atoms with E-state index in [0.717, 1.165) is 96.3 Å². The highest BCUT2D eigenvalue weighted by Gasteiger charge is 2.19. The molecular formula is C63H98O6. The van der Waals surface area contributed by atoms with Crippen LogP contribution in [-0.4, -0.2) is 37.2 Å². The summed E-state index contributed by atoms with van der Waals surface area (Å²) in [5.74, 6) is -1.12. The van der Waals surface area contributed by atoms with Crippen molar-refractivity contribution in [1.82, 2.24) is 0 Å². The molecule has 0 heterocycles. The van der Waals surface area contributed by atoms with Crippen molar-refractivity contribution in [2.24, 2.45) is 0 Å². The van der Waals surface area contributed by atoms with Gasteiger partial charge in [0.15, 0.2) is 6.10 Å². The summed E-state index contributed by atoms with van der Waals surface area (Å²) in [6.07, 6.45) is 80.0. The zero-order valence-electron chi connectivity index (χ0n) is 44.0. The first kappa shape index (κ1) is 64.3. The molecule has 0 saturated carbocycles. The molecule has 0 aliphatic carbocycles. The molecule has 0 N–H and O–H groups in total. The maximum absolute atomic E-state index is 12.8. The van der Waals surface area contributed by atoms with Crippen molar-refractivity contribution in [2.45, 2.75) is 219 Å². The van der Waals surface area contributed by atoms with Gasteiger partial charge in [0.05, 0.1) is 0 Å². The highest BCUT2D eigenvalue weighted by atomic mass is 16.6. The van der Waals surface area contributed by atoms with Crippen LogP contribution in [0.2, 0.25) is 0 Å². The van der Waals surface area contributed by atoms with Crippen molar-refractivity contribution in [2.75, 3.05) is 13.2 Å². The Balaban J connectivity index is 4.64. The number of unbranched alkanes of at least 4 members (excludes halogenated alkanes) is 12. The number of allylic oxidation sites excluding steroid dienone is 24. The van der Waals surface area contributed by atoms with Crippen LogP contribution in [0.5, 0.6) is 0 Å². The minimum Gasteiger partial charge on any atom is -0.462 e. The lowest BCUT2D eigenvalue weighted by atomic mass is 10.0. The number of ether oxygens (including phenoxy) is 3. The van der Waals surface area contributed by atoms with Gasteiger partial charge in [0.25, 0.3) is 0 Å². The van der Waals surface area contributed by atoms with Crippen molar-refractivity contribution in [1.29, 1.82) is 0 Å². The van der Waals surface area contributed by atoms with E-state index in [9.17, 15) is 14.4 Å². The normalized spacial score (nSPS) is 13.3. The van der Waals surface area contributed by atoms with Crippen LogP contribution in [0, 0.1) is 0 Å². The average molecular weight is 951 g/mol. The lowest BCUT2D eigenvalue weighted by Gasteiger charge is -2.18. The molecule has 0 aromatic rings. The highest BCUT2D eigenvalue weighted by molar-refractivity contribution is 5.71. The molecule has 0 amide bonds. The van der Waals surface area contributed by atoms with Crippen LogP contribution in [0.4, 0.5) is 0 Å². The minimum absolute atomic E-state index is 0.136. The first-order valence-electron chi connectivity index (χ1n) is 27.3. The maximum atomic E-state index is 12.8. The Morgan fingerprint density at radius 2 is 0.565 bits per heavy atom. The van der Waals surface area contributed by atoms with Crippen LogP contribution in [0.15, 0.2) is 146 Å². The van der Waals surface area contributed by atoms with Gasteiger partial charge in [0, 0.05) is 19.3 Å². The van der Waals surface area contributed by atoms with Gasteiger partial charge in [-0.05, 0) is 96.3 Å². The van der Waals surface area contributed by atoms with Gasteiger partial charge in [0.2, 0.25) is 0 Å². The monoisotopic (exact) mass is 951 g/mol. The van der Waals surface area contributed by atoms with Crippen molar-refractivity contribution < 1.29 is 28.6 Å². The Morgan fingerprint density at radius 3 is 0.884 bits per heavy atom. The maximum Gasteiger partial charge on any atom is 0.306 e. The third kappa shape index (κ3) is 54.1. The second kappa shape index (κ2) is 55.9. The van der Waals surface area contributed by atoms with Crippen molar-refractivity contribution in [3.63, 3.8) is 0 Å². The van der Waals surface area contributed by atoms with Crippen molar-refractivity contribution in [3.05, 3.63) is 146 Å². The van der Waals surface area contributed by atoms with Gasteiger partial charge in [-0.1, -0.05) is 244 Å². The number of carbonyl (C=O) groups is 3. The topological polar surface area (TPSA) is 78.9 Å². The fourth-order valence-corrected chi connectivity index (χ4v) is 6.85. The molecule has 0 unspecified atom stereocenters. The molecule has 0 aromatic carbocycles. The Morgan fingerprint density at radius 1 is 0.304 bits per heavy atom. The summed E-state index contributed by atoms with van der Waals surface area (Å²) in [5, 5.41) is 0. The number of esters is 3. The zero-order chi connectivity index (χ0) is 50.0. The number of rotatable bonds is 47. The van der Waals surface area contributed by atoms with E-state index in [1.165, 1.54) is 64.2 Å². The predicted octanol–water partition coefficient (Wildman–Crippen LogP) is 18.4. The number of carbonyl (C=O) groups excluding carboxylic acids is 3. The summed E-state index contributed by atoms with van der Waals surface area (Å²) < 4.78 is 16.7. The standard InChI is InChI=1S/C63H98O6/c1-4-7-10-13-16-19-22-25-27-29-31-33-35-38-41-44-47-50-53-56-62(65)68-59-60(58-67-61(64)55-52-49-46-43-40-37-24-21-18-15-12-9-6-3)69-63(66)57-54-51-48-45-42-39-36-34-32-30-28-26-23-20-17-14-11-8-5-2/h7-8,10-11,16-17,19-20,25-28,31-34,38-39,41-42,47-48,50-51,60H,4-6,9,12-15,18,21-24,29-30,35-37,40,43-46,49,52-59H2,1-3H3/b10-7-,11-8-,19-16-,20-17-,27-25-,28-26-,33-31-,34-32-,41-38-,42-39-,50-47-,51-48-/t60-/m1/s1. The fraction of sp³-hybridized carbons (Fsp3) is 0.571. The molecule has 6 nitrogen and oxygen atoms in total. The van der Waals surface area contributed by atoms with Crippen molar-refractivity contribution >= 4 is 17.9 Å². The Bertz CT molecular complexity index is 1560. The Hall–Kier alpha value is -4.71. The van der Waals surface area contributed by atoms with Crippen molar-refractivity contribution in [3.8, 4) is 0 Å². The van der Waals surface area contributed by atoms with E-state index in [1.54, 1.807) is 0 Å². The summed E-state index contributed by atoms with van der Waals surface area (Å²) in [6.45, 7) is 6.27. The first-order chi connectivity index (χ1) is 34.0. The third-order valence-electron chi connectivity index (χ3n) is 10.9. The van der Waals surface area contributed by atoms with E-state index < -0.39 is 12.1 Å². The second-order valence-corrected chi connectivity index (χ2v) is 17.4. The SMILES string of the molecule is CC/C=C\C/C=C\C/C=C\C/C=C\C/C=C\C/C=C\CCC(=O)OC[C@@H](COC(=O)CCCCCCCCCCCCCCC)OC(=O)CC/C=C\C/C=C\C/C=C\C/C=C\C/C=C\C/C=C\CC. The van der Waals surface area contributed by atoms with Crippen LogP contribution in [0.3, 0.4) is 0 Å². The van der Waals surface area contributed by atoms with Gasteiger partial charge in [-0.3, -0.25) is 14.4 Å². The van der Waals surface area contributed by atoms with E-state index in [1.807, 2.05) is 24.3 Å². The van der Waals surface area contributed by atoms with Gasteiger partial charge in [-0.15, -0.1) is 0 Å². The van der Waals surface area contributed by atoms with Gasteiger partial charge >= 0.3 is 17.9 Å². The molecule has 6 heteroatoms. The van der Waals surface area contributed by atoms with Gasteiger partial charge in [-0.25, -0.2) is 0 Å². The second-order valence-electron chi connectivity index (χ2n) is 17.4. The van der Waals surface area contributed by atoms with E-state index in [0.29, 0.717) is 19.3 Å². The molecule has 0 aromatic heterocycles. The molecule has 69 heavy (non-hydrogen) atoms. The fourth-order valence-electron chi connectivity index (χ4n) is 6.85. The third-order valence-corrected chi connectivity index (χ3v) is 10.9. The lowest BCUT2D eigenvalue weighted by molar-refractivity contribution is -0.166. The number of hydrogen-bond acceptors (Lipinski definition) is 6. The largest absolute Gasteiger partial charge is 0.462 e. The van der Waals surface area contributed by atoms with Crippen LogP contribution >= 0.6 is 0 Å². The molecule has 0 saturated heterocycles. The average Bonchev–Trinajstić information content (AvgIpc) is 3.35. The molecular weight excluding hydrogens is 853 g/mol. The summed E-state index contributed by atoms with van der Waals surface area (Å²) >= 11 is 0. The quantitative estimate of drug-likeness (QED) is 0.0262. The molecule has 0 fully saturated rings. The summed E-state index contributed by atoms with van der Waals surface area (Å²) in [5.41, 5.74) is 0. The predicted molar refractivity (Wildman–Crippen MR) is 297 cm³/mol. The van der Waals surface area contributed by atoms with Gasteiger partial charge < -0.3 is 14.2 Å². The van der Waals surface area contributed by atoms with E-state index in [-0.39, 0.29) is 38.0 Å². The minimum atomic E-state index is -0.854. The molecule has 0 spiro atoms. The van der Waals surface area contributed by atoms with E-state index in [2.05, 4.69) is 142 Å². The molecule has 386 valence electrons. The number of hydrogen-bond donors (Lipinski definition) is 0. The molecule has 1 atom stereocenters. The van der Waals surface area contributed by atoms with Gasteiger partial charge in [0.1, 0.15) is 13.2 Å². The van der Waals surface area contributed by atoms with Crippen LogP contribution in [0.1, 0.15) is 213 Å². The summed E-state index contributed by atoms with van der Waals surface area (Å²) in [7, 11) is 0. The molecule has 0 radical (unpaired) electrons. The van der Waals surface area contributed by atoms with Crippen LogP contribution < -0.4 is 0 Å². The zero-order valence-corrected chi connectivity index (χ0v) is 44.0. The van der Waals surface area contributed by atoms with Gasteiger partial charge in [-0.2, -0.15) is 0 Å². The molecule has 0 aliphatic heterocycles. The molecule has 0 rings (SSSR count). The Kier molecular flexibility index (Phi) is 52.1. The first-order valence-corrected chi connectivity index (χ1v) is 27.3. The summed E-state index contributed by atoms with van der Waals surface area (Å²) in [6, 6.07) is 0. The smallest absolute Gasteiger partial charge is 0.306 e.